The quantitative estimate of drug-likeness (QED) is 0.790. The van der Waals surface area contributed by atoms with Crippen LogP contribution in [0, 0.1) is 0 Å². The van der Waals surface area contributed by atoms with Crippen molar-refractivity contribution in [2.45, 2.75) is 49.8 Å². The van der Waals surface area contributed by atoms with Crippen LogP contribution in [0.5, 0.6) is 0 Å². The standard InChI is InChI=1S/C12H20N4O2S/c1-12(13-2,10(17)18)8-19-11-15-14-9-6-4-3-5-7-16(9)11/h13H,3-8H2,1-2H3,(H,17,18). The second-order valence-electron chi connectivity index (χ2n) is 5.04. The van der Waals surface area contributed by atoms with E-state index in [9.17, 15) is 9.90 Å². The highest BCUT2D eigenvalue weighted by molar-refractivity contribution is 7.99. The van der Waals surface area contributed by atoms with E-state index in [0.717, 1.165) is 36.8 Å². The molecule has 0 amide bonds. The maximum absolute atomic E-state index is 11.2. The zero-order chi connectivity index (χ0) is 13.9. The summed E-state index contributed by atoms with van der Waals surface area (Å²) >= 11 is 1.46. The summed E-state index contributed by atoms with van der Waals surface area (Å²) in [6.07, 6.45) is 4.49. The van der Waals surface area contributed by atoms with E-state index in [1.165, 1.54) is 18.2 Å². The van der Waals surface area contributed by atoms with Crippen molar-refractivity contribution in [3.63, 3.8) is 0 Å². The van der Waals surface area contributed by atoms with Crippen LogP contribution in [0.25, 0.3) is 0 Å². The molecule has 0 saturated carbocycles. The number of aliphatic carboxylic acids is 1. The molecule has 2 heterocycles. The Morgan fingerprint density at radius 2 is 2.26 bits per heavy atom. The van der Waals surface area contributed by atoms with E-state index in [-0.39, 0.29) is 0 Å². The van der Waals surface area contributed by atoms with Gasteiger partial charge in [0.05, 0.1) is 0 Å². The number of fused-ring (bicyclic) bond motifs is 1. The van der Waals surface area contributed by atoms with Crippen molar-refractivity contribution in [1.29, 1.82) is 0 Å². The third-order valence-electron chi connectivity index (χ3n) is 3.59. The number of hydrogen-bond acceptors (Lipinski definition) is 5. The van der Waals surface area contributed by atoms with Crippen LogP contribution >= 0.6 is 11.8 Å². The van der Waals surface area contributed by atoms with Crippen LogP contribution in [-0.2, 0) is 17.8 Å². The van der Waals surface area contributed by atoms with Crippen LogP contribution in [0.4, 0.5) is 0 Å². The van der Waals surface area contributed by atoms with Gasteiger partial charge in [-0.05, 0) is 26.8 Å². The van der Waals surface area contributed by atoms with Gasteiger partial charge < -0.3 is 15.0 Å². The summed E-state index contributed by atoms with van der Waals surface area (Å²) in [5, 5.41) is 21.3. The molecule has 0 radical (unpaired) electrons. The van der Waals surface area contributed by atoms with Crippen molar-refractivity contribution in [1.82, 2.24) is 20.1 Å². The van der Waals surface area contributed by atoms with Gasteiger partial charge in [0.25, 0.3) is 0 Å². The van der Waals surface area contributed by atoms with Crippen LogP contribution in [0.1, 0.15) is 32.0 Å². The minimum absolute atomic E-state index is 0.428. The van der Waals surface area contributed by atoms with Crippen molar-refractivity contribution in [3.05, 3.63) is 5.82 Å². The van der Waals surface area contributed by atoms with E-state index >= 15 is 0 Å². The van der Waals surface area contributed by atoms with Crippen molar-refractivity contribution >= 4 is 17.7 Å². The zero-order valence-electron chi connectivity index (χ0n) is 11.3. The van der Waals surface area contributed by atoms with E-state index in [2.05, 4.69) is 20.1 Å². The molecule has 0 aliphatic carbocycles. The Kier molecular flexibility index (Phi) is 4.46. The molecule has 1 unspecified atom stereocenters. The number of carboxylic acids is 1. The normalized spacial score (nSPS) is 18.4. The summed E-state index contributed by atoms with van der Waals surface area (Å²) in [6.45, 7) is 2.62. The number of likely N-dealkylation sites (N-methyl/N-ethyl adjacent to an activating group) is 1. The lowest BCUT2D eigenvalue weighted by Crippen LogP contribution is -2.49. The highest BCUT2D eigenvalue weighted by Gasteiger charge is 2.32. The van der Waals surface area contributed by atoms with Crippen LogP contribution in [0.3, 0.4) is 0 Å². The molecule has 0 saturated heterocycles. The number of aryl methyl sites for hydroxylation is 1. The summed E-state index contributed by atoms with van der Waals surface area (Å²) in [5.74, 6) is 0.608. The molecule has 1 aliphatic rings. The Balaban J connectivity index is 2.08. The van der Waals surface area contributed by atoms with Gasteiger partial charge in [0.1, 0.15) is 11.4 Å². The lowest BCUT2D eigenvalue weighted by molar-refractivity contribution is -0.142. The van der Waals surface area contributed by atoms with Crippen molar-refractivity contribution < 1.29 is 9.90 Å². The van der Waals surface area contributed by atoms with Crippen LogP contribution in [0.15, 0.2) is 5.16 Å². The average molecular weight is 284 g/mol. The second-order valence-corrected chi connectivity index (χ2v) is 5.98. The van der Waals surface area contributed by atoms with E-state index < -0.39 is 11.5 Å². The maximum atomic E-state index is 11.2. The first-order valence-electron chi connectivity index (χ1n) is 6.54. The van der Waals surface area contributed by atoms with Gasteiger partial charge >= 0.3 is 5.97 Å². The molecule has 1 atom stereocenters. The Hall–Kier alpha value is -1.08. The molecule has 1 aromatic heterocycles. The lowest BCUT2D eigenvalue weighted by Gasteiger charge is -2.23. The van der Waals surface area contributed by atoms with Crippen molar-refractivity contribution in [2.24, 2.45) is 0 Å². The number of thioether (sulfide) groups is 1. The molecule has 0 aromatic carbocycles. The van der Waals surface area contributed by atoms with E-state index in [1.54, 1.807) is 14.0 Å². The molecule has 0 spiro atoms. The molecule has 19 heavy (non-hydrogen) atoms. The van der Waals surface area contributed by atoms with Crippen molar-refractivity contribution in [2.75, 3.05) is 12.8 Å². The van der Waals surface area contributed by atoms with Gasteiger partial charge in [-0.25, -0.2) is 0 Å². The molecule has 0 fully saturated rings. The summed E-state index contributed by atoms with van der Waals surface area (Å²) in [7, 11) is 1.67. The predicted molar refractivity (Wildman–Crippen MR) is 73.4 cm³/mol. The van der Waals surface area contributed by atoms with Crippen LogP contribution in [-0.4, -0.2) is 44.2 Å². The number of aromatic nitrogens is 3. The van der Waals surface area contributed by atoms with Gasteiger partial charge in [-0.2, -0.15) is 0 Å². The van der Waals surface area contributed by atoms with Gasteiger partial charge in [-0.1, -0.05) is 18.2 Å². The lowest BCUT2D eigenvalue weighted by atomic mass is 10.1. The summed E-state index contributed by atoms with van der Waals surface area (Å²) < 4.78 is 2.13. The minimum Gasteiger partial charge on any atom is -0.480 e. The number of carboxylic acid groups (broad SMARTS) is 1. The molecular formula is C12H20N4O2S. The van der Waals surface area contributed by atoms with E-state index in [1.807, 2.05) is 0 Å². The van der Waals surface area contributed by atoms with E-state index in [0.29, 0.717) is 5.75 Å². The molecular weight excluding hydrogens is 264 g/mol. The summed E-state index contributed by atoms with van der Waals surface area (Å²) in [4.78, 5) is 11.2. The SMILES string of the molecule is CNC(C)(CSc1nnc2n1CCCCC2)C(=O)O. The van der Waals surface area contributed by atoms with Gasteiger partial charge in [0.15, 0.2) is 5.16 Å². The Bertz CT molecular complexity index is 463. The maximum Gasteiger partial charge on any atom is 0.324 e. The fourth-order valence-corrected chi connectivity index (χ4v) is 3.15. The number of rotatable bonds is 5. The Labute approximate surface area is 117 Å². The molecule has 0 bridgehead atoms. The van der Waals surface area contributed by atoms with Gasteiger partial charge in [0.2, 0.25) is 0 Å². The first-order chi connectivity index (χ1) is 9.07. The number of hydrogen-bond donors (Lipinski definition) is 2. The molecule has 6 nitrogen and oxygen atoms in total. The molecule has 7 heteroatoms. The fraction of sp³-hybridized carbons (Fsp3) is 0.750. The third-order valence-corrected chi connectivity index (χ3v) is 4.87. The number of nitrogens with zero attached hydrogens (tertiary/aromatic N) is 3. The molecule has 106 valence electrons. The molecule has 1 aromatic rings. The Morgan fingerprint density at radius 3 is 2.95 bits per heavy atom. The predicted octanol–water partition coefficient (Wildman–Crippen LogP) is 1.16. The highest BCUT2D eigenvalue weighted by atomic mass is 32.2. The summed E-state index contributed by atoms with van der Waals surface area (Å²) in [5.41, 5.74) is -0.943. The molecule has 1 aliphatic heterocycles. The molecule has 2 N–H and O–H groups in total. The summed E-state index contributed by atoms with van der Waals surface area (Å²) in [6, 6.07) is 0. The minimum atomic E-state index is -0.943. The number of nitrogens with one attached hydrogen (secondary N) is 1. The topological polar surface area (TPSA) is 80.0 Å². The van der Waals surface area contributed by atoms with Crippen LogP contribution < -0.4 is 5.32 Å². The first-order valence-corrected chi connectivity index (χ1v) is 7.52. The first kappa shape index (κ1) is 14.3. The smallest absolute Gasteiger partial charge is 0.324 e. The number of carbonyl (C=O) groups is 1. The largest absolute Gasteiger partial charge is 0.480 e. The Morgan fingerprint density at radius 1 is 1.47 bits per heavy atom. The highest BCUT2D eigenvalue weighted by Crippen LogP contribution is 2.24. The van der Waals surface area contributed by atoms with Gasteiger partial charge in [-0.3, -0.25) is 4.79 Å². The fourth-order valence-electron chi connectivity index (χ4n) is 2.01. The molecule has 2 rings (SSSR count). The third kappa shape index (κ3) is 3.09. The average Bonchev–Trinajstić information content (AvgIpc) is 2.63. The zero-order valence-corrected chi connectivity index (χ0v) is 12.2. The monoisotopic (exact) mass is 284 g/mol. The van der Waals surface area contributed by atoms with E-state index in [4.69, 9.17) is 0 Å². The van der Waals surface area contributed by atoms with Crippen LogP contribution in [0.2, 0.25) is 0 Å². The second kappa shape index (κ2) is 5.92. The van der Waals surface area contributed by atoms with Gasteiger partial charge in [0, 0.05) is 18.7 Å². The van der Waals surface area contributed by atoms with Gasteiger partial charge in [-0.15, -0.1) is 10.2 Å². The van der Waals surface area contributed by atoms with Crippen molar-refractivity contribution in [3.8, 4) is 0 Å².